The van der Waals surface area contributed by atoms with Crippen LogP contribution in [-0.4, -0.2) is 37.2 Å². The number of hydrogen-bond donors (Lipinski definition) is 2. The molecule has 2 saturated heterocycles. The third-order valence-corrected chi connectivity index (χ3v) is 5.04. The quantitative estimate of drug-likeness (QED) is 0.889. The first-order valence-electron chi connectivity index (χ1n) is 7.41. The molecule has 2 aliphatic rings. The highest BCUT2D eigenvalue weighted by molar-refractivity contribution is 7.07. The third kappa shape index (κ3) is 3.40. The molecule has 1 unspecified atom stereocenters. The molecule has 1 amide bonds. The molecule has 1 aromatic heterocycles. The van der Waals surface area contributed by atoms with Crippen molar-refractivity contribution in [1.82, 2.24) is 10.6 Å². The first kappa shape index (κ1) is 14.0. The van der Waals surface area contributed by atoms with Crippen LogP contribution in [0.5, 0.6) is 0 Å². The summed E-state index contributed by atoms with van der Waals surface area (Å²) in [6.45, 7) is 2.72. The van der Waals surface area contributed by atoms with Gasteiger partial charge in [-0.15, -0.1) is 0 Å². The number of rotatable bonds is 4. The van der Waals surface area contributed by atoms with E-state index in [-0.39, 0.29) is 17.6 Å². The van der Waals surface area contributed by atoms with Crippen LogP contribution < -0.4 is 10.6 Å². The molecule has 2 aliphatic heterocycles. The zero-order valence-electron chi connectivity index (χ0n) is 11.7. The minimum atomic E-state index is 0.0244. The van der Waals surface area contributed by atoms with Gasteiger partial charge in [0.05, 0.1) is 18.2 Å². The highest BCUT2D eigenvalue weighted by Crippen LogP contribution is 2.33. The molecule has 0 radical (unpaired) electrons. The predicted octanol–water partition coefficient (Wildman–Crippen LogP) is 1.71. The summed E-state index contributed by atoms with van der Waals surface area (Å²) in [5.41, 5.74) is 1.28. The normalized spacial score (nSPS) is 24.9. The van der Waals surface area contributed by atoms with Crippen LogP contribution in [0.1, 0.15) is 31.2 Å². The van der Waals surface area contributed by atoms with Crippen molar-refractivity contribution in [2.24, 2.45) is 0 Å². The van der Waals surface area contributed by atoms with Gasteiger partial charge >= 0.3 is 0 Å². The highest BCUT2D eigenvalue weighted by Gasteiger charge is 2.41. The van der Waals surface area contributed by atoms with E-state index in [1.165, 1.54) is 5.56 Å². The average Bonchev–Trinajstić information content (AvgIpc) is 3.08. The molecule has 0 bridgehead atoms. The van der Waals surface area contributed by atoms with E-state index in [1.54, 1.807) is 11.3 Å². The first-order valence-corrected chi connectivity index (χ1v) is 8.35. The Morgan fingerprint density at radius 1 is 1.50 bits per heavy atom. The van der Waals surface area contributed by atoms with Crippen LogP contribution in [-0.2, 0) is 16.0 Å². The molecule has 2 fully saturated rings. The Morgan fingerprint density at radius 2 is 2.35 bits per heavy atom. The van der Waals surface area contributed by atoms with E-state index in [4.69, 9.17) is 4.74 Å². The second-order valence-corrected chi connectivity index (χ2v) is 6.62. The smallest absolute Gasteiger partial charge is 0.220 e. The SMILES string of the molecule is O=C(CCc1ccsc1)NC1COC2(CCNCC2)C1. The van der Waals surface area contributed by atoms with E-state index in [1.807, 2.05) is 0 Å². The van der Waals surface area contributed by atoms with Gasteiger partial charge in [0.25, 0.3) is 0 Å². The van der Waals surface area contributed by atoms with E-state index in [0.717, 1.165) is 38.8 Å². The summed E-state index contributed by atoms with van der Waals surface area (Å²) in [5.74, 6) is 0.149. The Balaban J connectivity index is 1.43. The van der Waals surface area contributed by atoms with Crippen LogP contribution >= 0.6 is 11.3 Å². The Kier molecular flexibility index (Phi) is 4.38. The molecule has 5 heteroatoms. The van der Waals surface area contributed by atoms with Gasteiger partial charge in [-0.25, -0.2) is 0 Å². The molecule has 0 aliphatic carbocycles. The van der Waals surface area contributed by atoms with Gasteiger partial charge in [-0.2, -0.15) is 11.3 Å². The van der Waals surface area contributed by atoms with Crippen molar-refractivity contribution >= 4 is 17.2 Å². The van der Waals surface area contributed by atoms with Gasteiger partial charge in [-0.3, -0.25) is 4.79 Å². The third-order valence-electron chi connectivity index (χ3n) is 4.31. The summed E-state index contributed by atoms with van der Waals surface area (Å²) >= 11 is 1.68. The molecule has 110 valence electrons. The van der Waals surface area contributed by atoms with Crippen molar-refractivity contribution in [3.8, 4) is 0 Å². The van der Waals surface area contributed by atoms with Crippen LogP contribution in [0.2, 0.25) is 0 Å². The van der Waals surface area contributed by atoms with E-state index in [0.29, 0.717) is 13.0 Å². The topological polar surface area (TPSA) is 50.4 Å². The van der Waals surface area contributed by atoms with Gasteiger partial charge in [0.2, 0.25) is 5.91 Å². The molecule has 1 spiro atoms. The number of aryl methyl sites for hydroxylation is 1. The van der Waals surface area contributed by atoms with Crippen molar-refractivity contribution in [2.75, 3.05) is 19.7 Å². The predicted molar refractivity (Wildman–Crippen MR) is 80.0 cm³/mol. The van der Waals surface area contributed by atoms with Crippen molar-refractivity contribution in [3.05, 3.63) is 22.4 Å². The number of hydrogen-bond acceptors (Lipinski definition) is 4. The first-order chi connectivity index (χ1) is 9.76. The Morgan fingerprint density at radius 3 is 3.10 bits per heavy atom. The lowest BCUT2D eigenvalue weighted by Crippen LogP contribution is -2.43. The maximum Gasteiger partial charge on any atom is 0.220 e. The summed E-state index contributed by atoms with van der Waals surface area (Å²) in [5, 5.41) is 10.7. The minimum Gasteiger partial charge on any atom is -0.373 e. The van der Waals surface area contributed by atoms with Crippen molar-refractivity contribution < 1.29 is 9.53 Å². The van der Waals surface area contributed by atoms with Crippen LogP contribution in [0.25, 0.3) is 0 Å². The zero-order valence-corrected chi connectivity index (χ0v) is 12.5. The Hall–Kier alpha value is -0.910. The zero-order chi connectivity index (χ0) is 13.8. The van der Waals surface area contributed by atoms with E-state index in [9.17, 15) is 4.79 Å². The van der Waals surface area contributed by atoms with Crippen LogP contribution in [0.4, 0.5) is 0 Å². The highest BCUT2D eigenvalue weighted by atomic mass is 32.1. The van der Waals surface area contributed by atoms with Crippen molar-refractivity contribution in [3.63, 3.8) is 0 Å². The van der Waals surface area contributed by atoms with Crippen LogP contribution in [0.3, 0.4) is 0 Å². The lowest BCUT2D eigenvalue weighted by Gasteiger charge is -2.32. The number of ether oxygens (including phenoxy) is 1. The van der Waals surface area contributed by atoms with Gasteiger partial charge in [-0.05, 0) is 61.2 Å². The van der Waals surface area contributed by atoms with Gasteiger partial charge in [-0.1, -0.05) is 0 Å². The number of amides is 1. The molecule has 20 heavy (non-hydrogen) atoms. The Bertz CT molecular complexity index is 441. The van der Waals surface area contributed by atoms with E-state index in [2.05, 4.69) is 27.5 Å². The summed E-state index contributed by atoms with van der Waals surface area (Å²) in [4.78, 5) is 12.0. The summed E-state index contributed by atoms with van der Waals surface area (Å²) in [7, 11) is 0. The summed E-state index contributed by atoms with van der Waals surface area (Å²) < 4.78 is 5.99. The van der Waals surface area contributed by atoms with E-state index >= 15 is 0 Å². The summed E-state index contributed by atoms with van der Waals surface area (Å²) in [6, 6.07) is 2.28. The molecule has 0 saturated carbocycles. The number of thiophene rings is 1. The lowest BCUT2D eigenvalue weighted by molar-refractivity contribution is -0.121. The standard InChI is InChI=1S/C15H22N2O2S/c18-14(2-1-12-3-8-20-11-12)17-13-9-15(19-10-13)4-6-16-7-5-15/h3,8,11,13,16H,1-2,4-7,9-10H2,(H,17,18). The fourth-order valence-corrected chi connectivity index (χ4v) is 3.86. The monoisotopic (exact) mass is 294 g/mol. The lowest BCUT2D eigenvalue weighted by atomic mass is 9.88. The molecule has 1 atom stereocenters. The molecule has 4 nitrogen and oxygen atoms in total. The largest absolute Gasteiger partial charge is 0.373 e. The van der Waals surface area contributed by atoms with E-state index < -0.39 is 0 Å². The maximum absolute atomic E-state index is 12.0. The molecule has 3 rings (SSSR count). The number of piperidine rings is 1. The molecular formula is C15H22N2O2S. The number of nitrogens with one attached hydrogen (secondary N) is 2. The second-order valence-electron chi connectivity index (χ2n) is 5.84. The number of carbonyl (C=O) groups is 1. The van der Waals surface area contributed by atoms with Gasteiger partial charge in [0, 0.05) is 6.42 Å². The molecule has 3 heterocycles. The van der Waals surface area contributed by atoms with Crippen molar-refractivity contribution in [2.45, 2.75) is 43.7 Å². The van der Waals surface area contributed by atoms with Crippen LogP contribution in [0, 0.1) is 0 Å². The maximum atomic E-state index is 12.0. The molecule has 2 N–H and O–H groups in total. The summed E-state index contributed by atoms with van der Waals surface area (Å²) in [6.07, 6.45) is 4.50. The Labute approximate surface area is 123 Å². The number of carbonyl (C=O) groups excluding carboxylic acids is 1. The second kappa shape index (κ2) is 6.24. The molecule has 0 aromatic carbocycles. The molecule has 1 aromatic rings. The van der Waals surface area contributed by atoms with Crippen molar-refractivity contribution in [1.29, 1.82) is 0 Å². The minimum absolute atomic E-state index is 0.0244. The van der Waals surface area contributed by atoms with Gasteiger partial charge in [0.15, 0.2) is 0 Å². The van der Waals surface area contributed by atoms with Gasteiger partial charge < -0.3 is 15.4 Å². The van der Waals surface area contributed by atoms with Gasteiger partial charge in [0.1, 0.15) is 0 Å². The van der Waals surface area contributed by atoms with Crippen LogP contribution in [0.15, 0.2) is 16.8 Å². The fourth-order valence-electron chi connectivity index (χ4n) is 3.16. The molecular weight excluding hydrogens is 272 g/mol. The fraction of sp³-hybridized carbons (Fsp3) is 0.667. The average molecular weight is 294 g/mol.